The highest BCUT2D eigenvalue weighted by Gasteiger charge is 2.28. The molecule has 2 heterocycles. The number of nitrogens with zero attached hydrogens (tertiary/aromatic N) is 2. The highest BCUT2D eigenvalue weighted by molar-refractivity contribution is 7.13. The van der Waals surface area contributed by atoms with Crippen molar-refractivity contribution in [2.75, 3.05) is 11.9 Å². The summed E-state index contributed by atoms with van der Waals surface area (Å²) in [6.45, 7) is 3.54. The molecular weight excluding hydrogens is 378 g/mol. The maximum Gasteiger partial charge on any atom is 0.311 e. The minimum atomic E-state index is -0.377. The summed E-state index contributed by atoms with van der Waals surface area (Å²) >= 11 is 1.25. The number of fused-ring (bicyclic) bond motifs is 1. The van der Waals surface area contributed by atoms with Crippen LogP contribution < -0.4 is 5.32 Å². The lowest BCUT2D eigenvalue weighted by molar-refractivity contribution is -0.142. The summed E-state index contributed by atoms with van der Waals surface area (Å²) in [6.07, 6.45) is 3.75. The number of carbonyl (C=O) groups excluding carboxylic acids is 3. The fourth-order valence-corrected chi connectivity index (χ4v) is 3.79. The molecule has 1 atom stereocenters. The van der Waals surface area contributed by atoms with Crippen molar-refractivity contribution in [2.24, 2.45) is 0 Å². The molecule has 8 heteroatoms. The predicted octanol–water partition coefficient (Wildman–Crippen LogP) is 3.15. The van der Waals surface area contributed by atoms with E-state index in [1.54, 1.807) is 23.4 Å². The van der Waals surface area contributed by atoms with E-state index < -0.39 is 0 Å². The summed E-state index contributed by atoms with van der Waals surface area (Å²) in [7, 11) is 0. The Labute approximate surface area is 167 Å². The first-order chi connectivity index (χ1) is 13.5. The Balaban J connectivity index is 1.68. The van der Waals surface area contributed by atoms with Crippen molar-refractivity contribution in [3.8, 4) is 0 Å². The van der Waals surface area contributed by atoms with Gasteiger partial charge in [0, 0.05) is 18.5 Å². The molecule has 0 fully saturated rings. The molecule has 3 rings (SSSR count). The average Bonchev–Trinajstić information content (AvgIpc) is 3.08. The van der Waals surface area contributed by atoms with Gasteiger partial charge in [0.05, 0.1) is 31.2 Å². The maximum absolute atomic E-state index is 12.6. The summed E-state index contributed by atoms with van der Waals surface area (Å²) < 4.78 is 4.90. The summed E-state index contributed by atoms with van der Waals surface area (Å²) in [5, 5.41) is 4.89. The molecular formula is C20H21N3O4S. The number of ether oxygens (including phenoxy) is 1. The van der Waals surface area contributed by atoms with Crippen molar-refractivity contribution < 1.29 is 19.1 Å². The number of aromatic nitrogens is 1. The first-order valence-corrected chi connectivity index (χ1v) is 9.81. The van der Waals surface area contributed by atoms with Crippen molar-refractivity contribution in [3.05, 3.63) is 52.7 Å². The van der Waals surface area contributed by atoms with Gasteiger partial charge >= 0.3 is 5.97 Å². The second kappa shape index (κ2) is 8.79. The lowest BCUT2D eigenvalue weighted by atomic mass is 9.93. The maximum atomic E-state index is 12.6. The van der Waals surface area contributed by atoms with Crippen LogP contribution in [0.4, 0.5) is 5.13 Å². The van der Waals surface area contributed by atoms with Gasteiger partial charge in [0.1, 0.15) is 0 Å². The quantitative estimate of drug-likeness (QED) is 0.754. The number of nitrogens with one attached hydrogen (secondary N) is 1. The van der Waals surface area contributed by atoms with Crippen LogP contribution in [0.15, 0.2) is 35.8 Å². The van der Waals surface area contributed by atoms with E-state index in [9.17, 15) is 14.4 Å². The second-order valence-electron chi connectivity index (χ2n) is 6.26. The number of benzene rings is 1. The number of amides is 2. The highest BCUT2D eigenvalue weighted by Crippen LogP contribution is 2.33. The molecule has 1 aliphatic heterocycles. The van der Waals surface area contributed by atoms with Gasteiger partial charge in [-0.05, 0) is 24.1 Å². The van der Waals surface area contributed by atoms with E-state index in [1.807, 2.05) is 30.3 Å². The lowest BCUT2D eigenvalue weighted by Gasteiger charge is -2.32. The average molecular weight is 399 g/mol. The predicted molar refractivity (Wildman–Crippen MR) is 106 cm³/mol. The van der Waals surface area contributed by atoms with Crippen molar-refractivity contribution in [3.63, 3.8) is 0 Å². The number of rotatable bonds is 6. The van der Waals surface area contributed by atoms with E-state index in [-0.39, 0.29) is 36.7 Å². The molecule has 0 saturated heterocycles. The van der Waals surface area contributed by atoms with Crippen molar-refractivity contribution in [1.29, 1.82) is 0 Å². The third-order valence-corrected chi connectivity index (χ3v) is 5.08. The van der Waals surface area contributed by atoms with E-state index in [0.717, 1.165) is 11.1 Å². The molecule has 2 amide bonds. The Kier molecular flexibility index (Phi) is 6.20. The monoisotopic (exact) mass is 399 g/mol. The largest absolute Gasteiger partial charge is 0.466 e. The van der Waals surface area contributed by atoms with E-state index in [1.165, 1.54) is 18.3 Å². The molecule has 28 heavy (non-hydrogen) atoms. The number of hydrogen-bond acceptors (Lipinski definition) is 6. The number of thiazole rings is 1. The van der Waals surface area contributed by atoms with Gasteiger partial charge in [-0.1, -0.05) is 24.3 Å². The zero-order chi connectivity index (χ0) is 20.1. The first kappa shape index (κ1) is 19.8. The lowest BCUT2D eigenvalue weighted by Crippen LogP contribution is -2.33. The number of anilines is 1. The standard InChI is InChI=1S/C20H21N3O4S/c1-3-27-19(26)10-15-12-28-20(21-15)22-18(25)11-17-16-7-5-4-6-14(16)8-9-23(17)13(2)24/h4-9,12,17H,3,10-11H2,1-2H3,(H,21,22,25). The van der Waals surface area contributed by atoms with Crippen LogP contribution in [0.3, 0.4) is 0 Å². The highest BCUT2D eigenvalue weighted by atomic mass is 32.1. The van der Waals surface area contributed by atoms with Gasteiger partial charge in [0.2, 0.25) is 11.8 Å². The molecule has 0 saturated carbocycles. The molecule has 0 aliphatic carbocycles. The zero-order valence-electron chi connectivity index (χ0n) is 15.7. The van der Waals surface area contributed by atoms with E-state index in [4.69, 9.17) is 4.74 Å². The third-order valence-electron chi connectivity index (χ3n) is 4.28. The van der Waals surface area contributed by atoms with E-state index in [0.29, 0.717) is 17.4 Å². The Hall–Kier alpha value is -3.00. The van der Waals surface area contributed by atoms with Crippen LogP contribution in [-0.2, 0) is 25.5 Å². The molecule has 0 spiro atoms. The van der Waals surface area contributed by atoms with Crippen LogP contribution in [0.1, 0.15) is 43.1 Å². The van der Waals surface area contributed by atoms with Gasteiger partial charge in [-0.3, -0.25) is 14.4 Å². The Bertz CT molecular complexity index is 922. The normalized spacial score (nSPS) is 15.1. The van der Waals surface area contributed by atoms with Crippen LogP contribution >= 0.6 is 11.3 Å². The van der Waals surface area contributed by atoms with E-state index in [2.05, 4.69) is 10.3 Å². The molecule has 1 aromatic heterocycles. The molecule has 0 radical (unpaired) electrons. The molecule has 1 aliphatic rings. The smallest absolute Gasteiger partial charge is 0.311 e. The van der Waals surface area contributed by atoms with Crippen LogP contribution in [0, 0.1) is 0 Å². The third kappa shape index (κ3) is 4.64. The van der Waals surface area contributed by atoms with Crippen molar-refractivity contribution >= 4 is 40.3 Å². The molecule has 146 valence electrons. The Morgan fingerprint density at radius 1 is 1.29 bits per heavy atom. The van der Waals surface area contributed by atoms with Crippen LogP contribution in [0.5, 0.6) is 0 Å². The van der Waals surface area contributed by atoms with E-state index >= 15 is 0 Å². The zero-order valence-corrected chi connectivity index (χ0v) is 16.5. The Morgan fingerprint density at radius 2 is 2.07 bits per heavy atom. The van der Waals surface area contributed by atoms with Gasteiger partial charge in [-0.25, -0.2) is 4.98 Å². The molecule has 1 unspecified atom stereocenters. The minimum absolute atomic E-state index is 0.0686. The second-order valence-corrected chi connectivity index (χ2v) is 7.12. The summed E-state index contributed by atoms with van der Waals surface area (Å²) in [5.74, 6) is -0.735. The van der Waals surface area contributed by atoms with Gasteiger partial charge in [-0.15, -0.1) is 11.3 Å². The number of esters is 1. The summed E-state index contributed by atoms with van der Waals surface area (Å²) in [5.41, 5.74) is 2.47. The Morgan fingerprint density at radius 3 is 2.82 bits per heavy atom. The summed E-state index contributed by atoms with van der Waals surface area (Å²) in [6, 6.07) is 7.32. The fourth-order valence-electron chi connectivity index (χ4n) is 3.06. The molecule has 7 nitrogen and oxygen atoms in total. The molecule has 1 aromatic carbocycles. The van der Waals surface area contributed by atoms with Gasteiger partial charge in [0.15, 0.2) is 5.13 Å². The number of carbonyl (C=O) groups is 3. The van der Waals surface area contributed by atoms with Crippen LogP contribution in [-0.4, -0.2) is 34.3 Å². The molecule has 1 N–H and O–H groups in total. The van der Waals surface area contributed by atoms with Gasteiger partial charge in [0.25, 0.3) is 0 Å². The van der Waals surface area contributed by atoms with Gasteiger partial charge < -0.3 is 15.0 Å². The molecule has 0 bridgehead atoms. The van der Waals surface area contributed by atoms with Crippen molar-refractivity contribution in [1.82, 2.24) is 9.88 Å². The fraction of sp³-hybridized carbons (Fsp3) is 0.300. The number of hydrogen-bond donors (Lipinski definition) is 1. The van der Waals surface area contributed by atoms with Crippen LogP contribution in [0.25, 0.3) is 6.08 Å². The SMILES string of the molecule is CCOC(=O)Cc1csc(NC(=O)CC2c3ccccc3C=CN2C(C)=O)n1. The summed E-state index contributed by atoms with van der Waals surface area (Å²) in [4.78, 5) is 42.0. The van der Waals surface area contributed by atoms with Crippen LogP contribution in [0.2, 0.25) is 0 Å². The molecule has 2 aromatic rings. The van der Waals surface area contributed by atoms with Crippen molar-refractivity contribution in [2.45, 2.75) is 32.7 Å². The topological polar surface area (TPSA) is 88.6 Å². The first-order valence-electron chi connectivity index (χ1n) is 8.93. The minimum Gasteiger partial charge on any atom is -0.466 e. The van der Waals surface area contributed by atoms with Gasteiger partial charge in [-0.2, -0.15) is 0 Å².